The van der Waals surface area contributed by atoms with Crippen molar-refractivity contribution in [3.05, 3.63) is 107 Å². The molecule has 25 heavy (non-hydrogen) atoms. The SMILES string of the molecule is c1ccc(C2=[N+]3Cc4ccccc4C3C3c4ccccc4CN23)cc1. The van der Waals surface area contributed by atoms with Crippen LogP contribution < -0.4 is 0 Å². The second-order valence-corrected chi connectivity index (χ2v) is 7.23. The van der Waals surface area contributed by atoms with Crippen LogP contribution in [0.2, 0.25) is 0 Å². The zero-order chi connectivity index (χ0) is 16.4. The van der Waals surface area contributed by atoms with Crippen molar-refractivity contribution in [3.63, 3.8) is 0 Å². The average molecular weight is 323 g/mol. The minimum absolute atomic E-state index is 0.426. The van der Waals surface area contributed by atoms with Crippen LogP contribution >= 0.6 is 0 Å². The minimum atomic E-state index is 0.426. The van der Waals surface area contributed by atoms with Crippen molar-refractivity contribution in [2.24, 2.45) is 0 Å². The van der Waals surface area contributed by atoms with Crippen molar-refractivity contribution in [1.82, 2.24) is 4.90 Å². The Kier molecular flexibility index (Phi) is 2.59. The lowest BCUT2D eigenvalue weighted by Crippen LogP contribution is -2.28. The standard InChI is InChI=1S/C23H19N2/c1-2-8-16(9-3-1)23-24-14-17-10-4-6-12-19(17)21(24)22-20-13-7-5-11-18(20)15-25(22)23/h1-13,21-22H,14-15H2/q+1. The lowest BCUT2D eigenvalue weighted by molar-refractivity contribution is -0.570. The van der Waals surface area contributed by atoms with Gasteiger partial charge < -0.3 is 0 Å². The molecule has 0 bridgehead atoms. The normalized spacial score (nSPS) is 22.6. The molecular formula is C23H19N2+. The highest BCUT2D eigenvalue weighted by Gasteiger charge is 2.56. The highest BCUT2D eigenvalue weighted by Crippen LogP contribution is 2.52. The third kappa shape index (κ3) is 1.72. The molecule has 0 amide bonds. The molecule has 120 valence electrons. The van der Waals surface area contributed by atoms with Crippen molar-refractivity contribution >= 4 is 5.84 Å². The van der Waals surface area contributed by atoms with E-state index in [0.29, 0.717) is 12.1 Å². The van der Waals surface area contributed by atoms with E-state index in [1.807, 2.05) is 0 Å². The molecule has 3 heterocycles. The van der Waals surface area contributed by atoms with Gasteiger partial charge in [0.05, 0.1) is 5.56 Å². The van der Waals surface area contributed by atoms with Crippen molar-refractivity contribution in [1.29, 1.82) is 0 Å². The zero-order valence-electron chi connectivity index (χ0n) is 14.0. The van der Waals surface area contributed by atoms with E-state index in [9.17, 15) is 0 Å². The lowest BCUT2D eigenvalue weighted by Gasteiger charge is -2.16. The van der Waals surface area contributed by atoms with E-state index in [0.717, 1.165) is 13.1 Å². The smallest absolute Gasteiger partial charge is 0.246 e. The third-order valence-electron chi connectivity index (χ3n) is 5.98. The first-order valence-corrected chi connectivity index (χ1v) is 9.03. The number of amidine groups is 1. The van der Waals surface area contributed by atoms with Crippen molar-refractivity contribution in [2.45, 2.75) is 25.2 Å². The maximum Gasteiger partial charge on any atom is 0.281 e. The van der Waals surface area contributed by atoms with Gasteiger partial charge in [-0.3, -0.25) is 0 Å². The van der Waals surface area contributed by atoms with Crippen LogP contribution in [0.25, 0.3) is 0 Å². The molecule has 3 aromatic rings. The van der Waals surface area contributed by atoms with Gasteiger partial charge in [0.2, 0.25) is 0 Å². The predicted molar refractivity (Wildman–Crippen MR) is 98.4 cm³/mol. The topological polar surface area (TPSA) is 6.25 Å². The largest absolute Gasteiger partial charge is 0.281 e. The first-order chi connectivity index (χ1) is 12.4. The van der Waals surface area contributed by atoms with Crippen LogP contribution in [-0.4, -0.2) is 15.3 Å². The zero-order valence-corrected chi connectivity index (χ0v) is 14.0. The number of nitrogens with zero attached hydrogens (tertiary/aromatic N) is 2. The van der Waals surface area contributed by atoms with Crippen LogP contribution in [0, 0.1) is 0 Å². The number of fused-ring (bicyclic) bond motifs is 7. The molecule has 3 aliphatic rings. The highest BCUT2D eigenvalue weighted by molar-refractivity contribution is 5.97. The van der Waals surface area contributed by atoms with Crippen molar-refractivity contribution in [3.8, 4) is 0 Å². The Labute approximate surface area is 147 Å². The Hall–Kier alpha value is -2.87. The second-order valence-electron chi connectivity index (χ2n) is 7.23. The van der Waals surface area contributed by atoms with Crippen LogP contribution in [-0.2, 0) is 13.1 Å². The Morgan fingerprint density at radius 2 is 1.40 bits per heavy atom. The molecule has 0 fully saturated rings. The van der Waals surface area contributed by atoms with Crippen molar-refractivity contribution in [2.75, 3.05) is 0 Å². The van der Waals surface area contributed by atoms with Gasteiger partial charge >= 0.3 is 0 Å². The first kappa shape index (κ1) is 13.4. The van der Waals surface area contributed by atoms with Crippen LogP contribution in [0.3, 0.4) is 0 Å². The fourth-order valence-electron chi connectivity index (χ4n) is 5.01. The molecular weight excluding hydrogens is 304 g/mol. The Balaban J connectivity index is 1.61. The van der Waals surface area contributed by atoms with Crippen molar-refractivity contribution < 1.29 is 4.58 Å². The molecule has 0 saturated heterocycles. The summed E-state index contributed by atoms with van der Waals surface area (Å²) in [7, 11) is 0. The summed E-state index contributed by atoms with van der Waals surface area (Å²) in [4.78, 5) is 2.63. The second kappa shape index (κ2) is 4.82. The van der Waals surface area contributed by atoms with Gasteiger partial charge in [-0.1, -0.05) is 66.7 Å². The van der Waals surface area contributed by atoms with Crippen LogP contribution in [0.5, 0.6) is 0 Å². The van der Waals surface area contributed by atoms with Gasteiger partial charge in [-0.15, -0.1) is 0 Å². The molecule has 3 aliphatic heterocycles. The van der Waals surface area contributed by atoms with Crippen LogP contribution in [0.1, 0.15) is 39.9 Å². The van der Waals surface area contributed by atoms with Gasteiger partial charge in [0.15, 0.2) is 12.1 Å². The Morgan fingerprint density at radius 1 is 0.720 bits per heavy atom. The summed E-state index contributed by atoms with van der Waals surface area (Å²) >= 11 is 0. The molecule has 3 aromatic carbocycles. The summed E-state index contributed by atoms with van der Waals surface area (Å²) < 4.78 is 2.63. The molecule has 0 N–H and O–H groups in total. The summed E-state index contributed by atoms with van der Waals surface area (Å²) in [6, 6.07) is 29.7. The van der Waals surface area contributed by atoms with Gasteiger partial charge in [0, 0.05) is 22.3 Å². The van der Waals surface area contributed by atoms with E-state index in [1.165, 1.54) is 33.7 Å². The predicted octanol–water partition coefficient (Wildman–Crippen LogP) is 4.27. The number of benzene rings is 3. The molecule has 2 heteroatoms. The fraction of sp³-hybridized carbons (Fsp3) is 0.174. The molecule has 0 spiro atoms. The van der Waals surface area contributed by atoms with E-state index < -0.39 is 0 Å². The third-order valence-corrected chi connectivity index (χ3v) is 5.98. The van der Waals surface area contributed by atoms with Crippen LogP contribution in [0.15, 0.2) is 78.9 Å². The van der Waals surface area contributed by atoms with E-state index in [4.69, 9.17) is 0 Å². The summed E-state index contributed by atoms with van der Waals surface area (Å²) in [5.41, 5.74) is 7.28. The van der Waals surface area contributed by atoms with E-state index in [1.54, 1.807) is 0 Å². The van der Waals surface area contributed by atoms with Gasteiger partial charge in [-0.05, 0) is 12.1 Å². The highest BCUT2D eigenvalue weighted by atomic mass is 15.4. The summed E-state index contributed by atoms with van der Waals surface area (Å²) in [6.45, 7) is 2.03. The molecule has 2 nitrogen and oxygen atoms in total. The summed E-state index contributed by atoms with van der Waals surface area (Å²) in [6.07, 6.45) is 0. The Bertz CT molecular complexity index is 1020. The Morgan fingerprint density at radius 3 is 2.24 bits per heavy atom. The number of hydrogen-bond donors (Lipinski definition) is 0. The molecule has 2 unspecified atom stereocenters. The molecule has 0 saturated carbocycles. The van der Waals surface area contributed by atoms with E-state index >= 15 is 0 Å². The summed E-state index contributed by atoms with van der Waals surface area (Å²) in [5, 5.41) is 0. The quantitative estimate of drug-likeness (QED) is 0.606. The fourth-order valence-corrected chi connectivity index (χ4v) is 5.01. The molecule has 0 aliphatic carbocycles. The summed E-state index contributed by atoms with van der Waals surface area (Å²) in [5.74, 6) is 1.39. The number of rotatable bonds is 1. The van der Waals surface area contributed by atoms with Gasteiger partial charge in [0.1, 0.15) is 13.1 Å². The van der Waals surface area contributed by atoms with Gasteiger partial charge in [0.25, 0.3) is 5.84 Å². The van der Waals surface area contributed by atoms with E-state index in [-0.39, 0.29) is 0 Å². The van der Waals surface area contributed by atoms with Gasteiger partial charge in [-0.25, -0.2) is 9.48 Å². The molecule has 2 atom stereocenters. The molecule has 6 rings (SSSR count). The molecule has 0 aromatic heterocycles. The first-order valence-electron chi connectivity index (χ1n) is 9.03. The number of hydrogen-bond acceptors (Lipinski definition) is 1. The lowest BCUT2D eigenvalue weighted by atomic mass is 9.94. The van der Waals surface area contributed by atoms with E-state index in [2.05, 4.69) is 88.3 Å². The van der Waals surface area contributed by atoms with Gasteiger partial charge in [-0.2, -0.15) is 0 Å². The van der Waals surface area contributed by atoms with Crippen LogP contribution in [0.4, 0.5) is 0 Å². The average Bonchev–Trinajstić information content (AvgIpc) is 3.29. The minimum Gasteiger partial charge on any atom is -0.246 e. The maximum absolute atomic E-state index is 2.63. The maximum atomic E-state index is 2.63. The monoisotopic (exact) mass is 323 g/mol. The molecule has 0 radical (unpaired) electrons.